The molecule has 94 valence electrons. The summed E-state index contributed by atoms with van der Waals surface area (Å²) >= 11 is 0. The average Bonchev–Trinajstić information content (AvgIpc) is 2.67. The van der Waals surface area contributed by atoms with E-state index in [1.54, 1.807) is 0 Å². The zero-order valence-electron chi connectivity index (χ0n) is 9.94. The molecule has 0 N–H and O–H groups in total. The van der Waals surface area contributed by atoms with E-state index in [2.05, 4.69) is 4.74 Å². The Morgan fingerprint density at radius 2 is 1.88 bits per heavy atom. The molecule has 0 amide bonds. The fourth-order valence-corrected chi connectivity index (χ4v) is 2.72. The van der Waals surface area contributed by atoms with Gasteiger partial charge in [0.1, 0.15) is 0 Å². The minimum absolute atomic E-state index is 0.224. The van der Waals surface area contributed by atoms with Gasteiger partial charge in [0.15, 0.2) is 24.1 Å². The van der Waals surface area contributed by atoms with Crippen molar-refractivity contribution in [3.63, 3.8) is 0 Å². The number of hydrogen-bond donors (Lipinski definition) is 0. The second-order valence-electron chi connectivity index (χ2n) is 5.02. The number of rotatable bonds is 4. The molecule has 2 rings (SSSR count). The normalized spacial score (nSPS) is 26.0. The zero-order valence-corrected chi connectivity index (χ0v) is 9.94. The third-order valence-corrected chi connectivity index (χ3v) is 3.76. The summed E-state index contributed by atoms with van der Waals surface area (Å²) in [4.78, 5) is 34.3. The molecule has 4 nitrogen and oxygen atoms in total. The molecule has 0 bridgehead atoms. The molecular weight excluding hydrogens is 220 g/mol. The highest BCUT2D eigenvalue weighted by molar-refractivity contribution is 6.20. The van der Waals surface area contributed by atoms with Crippen LogP contribution in [0.4, 0.5) is 0 Å². The molecule has 0 radical (unpaired) electrons. The van der Waals surface area contributed by atoms with E-state index in [1.165, 1.54) is 32.1 Å². The average molecular weight is 238 g/mol. The number of esters is 1. The van der Waals surface area contributed by atoms with Crippen LogP contribution in [0.3, 0.4) is 0 Å². The summed E-state index contributed by atoms with van der Waals surface area (Å²) in [5.74, 6) is -1.78. The number of ketones is 2. The van der Waals surface area contributed by atoms with Gasteiger partial charge in [0.25, 0.3) is 0 Å². The fraction of sp³-hybridized carbons (Fsp3) is 0.769. The molecule has 0 aromatic carbocycles. The lowest BCUT2D eigenvalue weighted by molar-refractivity contribution is -0.144. The van der Waals surface area contributed by atoms with Gasteiger partial charge in [-0.15, -0.1) is 0 Å². The summed E-state index contributed by atoms with van der Waals surface area (Å²) in [5.41, 5.74) is 0. The van der Waals surface area contributed by atoms with Crippen LogP contribution in [0.1, 0.15) is 44.9 Å². The Morgan fingerprint density at radius 3 is 2.47 bits per heavy atom. The quantitative estimate of drug-likeness (QED) is 0.552. The Balaban J connectivity index is 1.80. The van der Waals surface area contributed by atoms with Crippen molar-refractivity contribution in [3.8, 4) is 0 Å². The minimum atomic E-state index is -1.11. The van der Waals surface area contributed by atoms with Crippen LogP contribution in [-0.2, 0) is 19.1 Å². The molecule has 1 heterocycles. The number of Topliss-reactive ketones (excluding diaryl/α,β-unsaturated/α-hetero) is 2. The fourth-order valence-electron chi connectivity index (χ4n) is 2.72. The van der Waals surface area contributed by atoms with Gasteiger partial charge in [0.2, 0.25) is 0 Å². The van der Waals surface area contributed by atoms with E-state index in [9.17, 15) is 14.4 Å². The Hall–Kier alpha value is -1.19. The van der Waals surface area contributed by atoms with Crippen molar-refractivity contribution in [3.05, 3.63) is 0 Å². The van der Waals surface area contributed by atoms with Crippen LogP contribution in [0.15, 0.2) is 0 Å². The molecule has 1 saturated heterocycles. The molecule has 1 aliphatic carbocycles. The Morgan fingerprint density at radius 1 is 1.18 bits per heavy atom. The molecule has 2 fully saturated rings. The Labute approximate surface area is 101 Å². The molecule has 1 atom stereocenters. The summed E-state index contributed by atoms with van der Waals surface area (Å²) in [7, 11) is 0. The maximum Gasteiger partial charge on any atom is 0.324 e. The van der Waals surface area contributed by atoms with Crippen LogP contribution in [0.25, 0.3) is 0 Å². The van der Waals surface area contributed by atoms with Crippen LogP contribution >= 0.6 is 0 Å². The maximum atomic E-state index is 11.8. The van der Waals surface area contributed by atoms with E-state index >= 15 is 0 Å². The van der Waals surface area contributed by atoms with Gasteiger partial charge in [0, 0.05) is 6.42 Å². The number of carbonyl (C=O) groups is 3. The maximum absolute atomic E-state index is 11.8. The van der Waals surface area contributed by atoms with Gasteiger partial charge in [-0.2, -0.15) is 0 Å². The summed E-state index contributed by atoms with van der Waals surface area (Å²) < 4.78 is 4.58. The number of cyclic esters (lactones) is 1. The first-order chi connectivity index (χ1) is 8.18. The molecule has 2 aliphatic rings. The van der Waals surface area contributed by atoms with Gasteiger partial charge in [-0.1, -0.05) is 32.1 Å². The first-order valence-electron chi connectivity index (χ1n) is 6.40. The molecule has 0 spiro atoms. The van der Waals surface area contributed by atoms with Gasteiger partial charge in [-0.05, 0) is 12.3 Å². The SMILES string of the molecule is O=C(CCC1CCCCC1)C1C(=O)COC1=O. The van der Waals surface area contributed by atoms with Crippen LogP contribution in [0.5, 0.6) is 0 Å². The first kappa shape index (κ1) is 12.3. The van der Waals surface area contributed by atoms with Gasteiger partial charge < -0.3 is 4.74 Å². The highest BCUT2D eigenvalue weighted by atomic mass is 16.5. The van der Waals surface area contributed by atoms with E-state index in [0.29, 0.717) is 12.3 Å². The van der Waals surface area contributed by atoms with Crippen LogP contribution < -0.4 is 0 Å². The lowest BCUT2D eigenvalue weighted by Gasteiger charge is -2.21. The van der Waals surface area contributed by atoms with E-state index < -0.39 is 11.9 Å². The Bertz CT molecular complexity index is 312. The predicted molar refractivity (Wildman–Crippen MR) is 60.3 cm³/mol. The molecule has 1 unspecified atom stereocenters. The smallest absolute Gasteiger partial charge is 0.324 e. The highest BCUT2D eigenvalue weighted by Gasteiger charge is 2.40. The lowest BCUT2D eigenvalue weighted by Crippen LogP contribution is -2.26. The van der Waals surface area contributed by atoms with Gasteiger partial charge in [0.05, 0.1) is 0 Å². The molecule has 17 heavy (non-hydrogen) atoms. The van der Waals surface area contributed by atoms with Gasteiger partial charge >= 0.3 is 5.97 Å². The number of hydrogen-bond acceptors (Lipinski definition) is 4. The summed E-state index contributed by atoms with van der Waals surface area (Å²) in [6.07, 6.45) is 7.28. The first-order valence-corrected chi connectivity index (χ1v) is 6.40. The van der Waals surface area contributed by atoms with Crippen molar-refractivity contribution in [1.82, 2.24) is 0 Å². The summed E-state index contributed by atoms with van der Waals surface area (Å²) in [5, 5.41) is 0. The van der Waals surface area contributed by atoms with Crippen molar-refractivity contribution in [2.24, 2.45) is 11.8 Å². The highest BCUT2D eigenvalue weighted by Crippen LogP contribution is 2.28. The Kier molecular flexibility index (Phi) is 3.92. The van der Waals surface area contributed by atoms with Crippen molar-refractivity contribution < 1.29 is 19.1 Å². The van der Waals surface area contributed by atoms with E-state index in [-0.39, 0.29) is 18.2 Å². The second-order valence-corrected chi connectivity index (χ2v) is 5.02. The van der Waals surface area contributed by atoms with E-state index in [1.807, 2.05) is 0 Å². The van der Waals surface area contributed by atoms with Crippen LogP contribution in [-0.4, -0.2) is 24.1 Å². The van der Waals surface area contributed by atoms with Gasteiger partial charge in [-0.25, -0.2) is 0 Å². The van der Waals surface area contributed by atoms with E-state index in [4.69, 9.17) is 0 Å². The molecule has 0 aromatic rings. The summed E-state index contributed by atoms with van der Waals surface area (Å²) in [6.45, 7) is -0.224. The third kappa shape index (κ3) is 2.93. The number of carbonyl (C=O) groups excluding carboxylic acids is 3. The van der Waals surface area contributed by atoms with Gasteiger partial charge in [-0.3, -0.25) is 14.4 Å². The van der Waals surface area contributed by atoms with Crippen molar-refractivity contribution in [2.45, 2.75) is 44.9 Å². The predicted octanol–water partition coefficient (Wildman–Crippen LogP) is 1.66. The third-order valence-electron chi connectivity index (χ3n) is 3.76. The molecule has 1 aliphatic heterocycles. The molecule has 4 heteroatoms. The molecular formula is C13H18O4. The topological polar surface area (TPSA) is 60.4 Å². The monoisotopic (exact) mass is 238 g/mol. The van der Waals surface area contributed by atoms with E-state index in [0.717, 1.165) is 6.42 Å². The zero-order chi connectivity index (χ0) is 12.3. The molecule has 0 aromatic heterocycles. The summed E-state index contributed by atoms with van der Waals surface area (Å²) in [6, 6.07) is 0. The van der Waals surface area contributed by atoms with Crippen LogP contribution in [0, 0.1) is 11.8 Å². The lowest BCUT2D eigenvalue weighted by atomic mass is 9.84. The van der Waals surface area contributed by atoms with Crippen molar-refractivity contribution >= 4 is 17.5 Å². The second kappa shape index (κ2) is 5.43. The van der Waals surface area contributed by atoms with Crippen LogP contribution in [0.2, 0.25) is 0 Å². The molecule has 1 saturated carbocycles. The van der Waals surface area contributed by atoms with Crippen molar-refractivity contribution in [2.75, 3.05) is 6.61 Å². The van der Waals surface area contributed by atoms with Crippen molar-refractivity contribution in [1.29, 1.82) is 0 Å². The number of ether oxygens (including phenoxy) is 1. The largest absolute Gasteiger partial charge is 0.457 e. The minimum Gasteiger partial charge on any atom is -0.457 e. The standard InChI is InChI=1S/C13H18O4/c14-10(12-11(15)8-17-13(12)16)7-6-9-4-2-1-3-5-9/h9,12H,1-8H2.